The maximum absolute atomic E-state index is 13.0. The Morgan fingerprint density at radius 2 is 1.47 bits per heavy atom. The minimum absolute atomic E-state index is 0.312. The zero-order chi connectivity index (χ0) is 23.1. The fourth-order valence-corrected chi connectivity index (χ4v) is 3.17. The molecule has 0 saturated heterocycles. The van der Waals surface area contributed by atoms with Gasteiger partial charge in [-0.15, -0.1) is 0 Å². The van der Waals surface area contributed by atoms with E-state index < -0.39 is 5.91 Å². The third-order valence-corrected chi connectivity index (χ3v) is 4.71. The topological polar surface area (TPSA) is 75.3 Å². The molecule has 32 heavy (non-hydrogen) atoms. The zero-order valence-corrected chi connectivity index (χ0v) is 19.0. The highest BCUT2D eigenvalue weighted by molar-refractivity contribution is 6.31. The average molecular weight is 458 g/mol. The molecule has 3 rings (SSSR count). The molecular formula is C24H24ClNO6. The summed E-state index contributed by atoms with van der Waals surface area (Å²) in [7, 11) is 4.47. The lowest BCUT2D eigenvalue weighted by Gasteiger charge is -2.16. The second-order valence-electron chi connectivity index (χ2n) is 6.52. The van der Waals surface area contributed by atoms with E-state index in [9.17, 15) is 4.79 Å². The van der Waals surface area contributed by atoms with Gasteiger partial charge >= 0.3 is 0 Å². The number of anilines is 1. The van der Waals surface area contributed by atoms with E-state index in [1.807, 2.05) is 19.1 Å². The molecule has 0 fully saturated rings. The summed E-state index contributed by atoms with van der Waals surface area (Å²) in [4.78, 5) is 13.0. The van der Waals surface area contributed by atoms with Crippen molar-refractivity contribution in [3.05, 3.63) is 65.2 Å². The van der Waals surface area contributed by atoms with E-state index in [0.717, 1.165) is 5.75 Å². The number of nitrogens with one attached hydrogen (secondary N) is 1. The minimum Gasteiger partial charge on any atom is -0.494 e. The molecule has 1 amide bonds. The number of benzene rings is 3. The van der Waals surface area contributed by atoms with Gasteiger partial charge in [0.25, 0.3) is 5.91 Å². The SMILES string of the molecule is CCOc1ccc(Oc2ccc(Cl)cc2NC(=O)c2cc(OC)c(OC)c(OC)c2)cc1. The van der Waals surface area contributed by atoms with E-state index in [2.05, 4.69) is 5.32 Å². The van der Waals surface area contributed by atoms with Crippen LogP contribution >= 0.6 is 11.6 Å². The first-order chi connectivity index (χ1) is 15.5. The van der Waals surface area contributed by atoms with Gasteiger partial charge in [-0.3, -0.25) is 4.79 Å². The molecule has 0 spiro atoms. The lowest BCUT2D eigenvalue weighted by Crippen LogP contribution is -2.13. The summed E-state index contributed by atoms with van der Waals surface area (Å²) in [6.07, 6.45) is 0. The quantitative estimate of drug-likeness (QED) is 0.437. The van der Waals surface area contributed by atoms with Crippen LogP contribution in [0.25, 0.3) is 0 Å². The summed E-state index contributed by atoms with van der Waals surface area (Å²) in [5.74, 6) is 2.49. The van der Waals surface area contributed by atoms with Crippen LogP contribution in [0, 0.1) is 0 Å². The van der Waals surface area contributed by atoms with Crippen LogP contribution in [-0.2, 0) is 0 Å². The number of methoxy groups -OCH3 is 3. The number of carbonyl (C=O) groups excluding carboxylic acids is 1. The molecule has 0 aromatic heterocycles. The molecule has 0 aliphatic rings. The number of carbonyl (C=O) groups is 1. The van der Waals surface area contributed by atoms with Crippen LogP contribution in [-0.4, -0.2) is 33.8 Å². The van der Waals surface area contributed by atoms with Gasteiger partial charge < -0.3 is 29.0 Å². The Bertz CT molecular complexity index is 1060. The Kier molecular flexibility index (Phi) is 7.68. The number of hydrogen-bond acceptors (Lipinski definition) is 6. The van der Waals surface area contributed by atoms with Crippen LogP contribution in [0.3, 0.4) is 0 Å². The smallest absolute Gasteiger partial charge is 0.256 e. The number of ether oxygens (including phenoxy) is 5. The summed E-state index contributed by atoms with van der Waals surface area (Å²) in [5.41, 5.74) is 0.719. The molecule has 0 aliphatic carbocycles. The average Bonchev–Trinajstić information content (AvgIpc) is 2.81. The van der Waals surface area contributed by atoms with Crippen molar-refractivity contribution in [3.63, 3.8) is 0 Å². The molecule has 168 valence electrons. The van der Waals surface area contributed by atoms with Crippen LogP contribution < -0.4 is 29.0 Å². The first-order valence-corrected chi connectivity index (χ1v) is 10.2. The maximum Gasteiger partial charge on any atom is 0.256 e. The van der Waals surface area contributed by atoms with Crippen LogP contribution in [0.4, 0.5) is 5.69 Å². The largest absolute Gasteiger partial charge is 0.494 e. The molecule has 3 aromatic carbocycles. The Morgan fingerprint density at radius 1 is 0.844 bits per heavy atom. The van der Waals surface area contributed by atoms with Crippen LogP contribution in [0.2, 0.25) is 5.02 Å². The fourth-order valence-electron chi connectivity index (χ4n) is 2.99. The Balaban J connectivity index is 1.87. The molecule has 0 radical (unpaired) electrons. The molecule has 0 bridgehead atoms. The highest BCUT2D eigenvalue weighted by Crippen LogP contribution is 2.39. The molecule has 7 nitrogen and oxygen atoms in total. The number of amides is 1. The van der Waals surface area contributed by atoms with Gasteiger partial charge in [-0.25, -0.2) is 0 Å². The predicted molar refractivity (Wildman–Crippen MR) is 123 cm³/mol. The van der Waals surface area contributed by atoms with Gasteiger partial charge in [0.1, 0.15) is 11.5 Å². The standard InChI is InChI=1S/C24H24ClNO6/c1-5-31-17-7-9-18(10-8-17)32-20-11-6-16(25)14-19(20)26-24(27)15-12-21(28-2)23(30-4)22(13-15)29-3/h6-14H,5H2,1-4H3,(H,26,27). The lowest BCUT2D eigenvalue weighted by atomic mass is 10.1. The van der Waals surface area contributed by atoms with E-state index in [1.54, 1.807) is 42.5 Å². The fraction of sp³-hybridized carbons (Fsp3) is 0.208. The van der Waals surface area contributed by atoms with Crippen molar-refractivity contribution in [3.8, 4) is 34.5 Å². The van der Waals surface area contributed by atoms with Crippen LogP contribution in [0.5, 0.6) is 34.5 Å². The van der Waals surface area contributed by atoms with Crippen LogP contribution in [0.15, 0.2) is 54.6 Å². The van der Waals surface area contributed by atoms with Crippen molar-refractivity contribution in [1.82, 2.24) is 0 Å². The van der Waals surface area contributed by atoms with Crippen LogP contribution in [0.1, 0.15) is 17.3 Å². The van der Waals surface area contributed by atoms with Gasteiger partial charge in [-0.05, 0) is 61.5 Å². The monoisotopic (exact) mass is 457 g/mol. The first-order valence-electron chi connectivity index (χ1n) is 9.80. The summed E-state index contributed by atoms with van der Waals surface area (Å²) >= 11 is 6.16. The van der Waals surface area contributed by atoms with E-state index in [-0.39, 0.29) is 0 Å². The van der Waals surface area contributed by atoms with Crippen molar-refractivity contribution in [2.75, 3.05) is 33.3 Å². The minimum atomic E-state index is -0.400. The normalized spacial score (nSPS) is 10.3. The maximum atomic E-state index is 13.0. The highest BCUT2D eigenvalue weighted by atomic mass is 35.5. The van der Waals surface area contributed by atoms with Gasteiger partial charge in [0.15, 0.2) is 17.2 Å². The molecule has 0 saturated carbocycles. The molecular weight excluding hydrogens is 434 g/mol. The van der Waals surface area contributed by atoms with E-state index in [1.165, 1.54) is 21.3 Å². The zero-order valence-electron chi connectivity index (χ0n) is 18.2. The van der Waals surface area contributed by atoms with E-state index >= 15 is 0 Å². The molecule has 0 heterocycles. The van der Waals surface area contributed by atoms with Gasteiger partial charge in [-0.1, -0.05) is 11.6 Å². The predicted octanol–water partition coefficient (Wildman–Crippen LogP) is 5.81. The molecule has 0 atom stereocenters. The molecule has 0 unspecified atom stereocenters. The first kappa shape index (κ1) is 23.1. The van der Waals surface area contributed by atoms with Crippen molar-refractivity contribution in [2.24, 2.45) is 0 Å². The Hall–Kier alpha value is -3.58. The molecule has 3 aromatic rings. The van der Waals surface area contributed by atoms with Crippen molar-refractivity contribution < 1.29 is 28.5 Å². The Labute approximate surface area is 191 Å². The highest BCUT2D eigenvalue weighted by Gasteiger charge is 2.18. The third-order valence-electron chi connectivity index (χ3n) is 4.48. The van der Waals surface area contributed by atoms with Crippen molar-refractivity contribution >= 4 is 23.2 Å². The molecule has 1 N–H and O–H groups in total. The Morgan fingerprint density at radius 3 is 2.03 bits per heavy atom. The number of hydrogen-bond donors (Lipinski definition) is 1. The van der Waals surface area contributed by atoms with Gasteiger partial charge in [-0.2, -0.15) is 0 Å². The summed E-state index contributed by atoms with van der Waals surface area (Å²) in [6, 6.07) is 15.3. The van der Waals surface area contributed by atoms with E-state index in [4.69, 9.17) is 35.3 Å². The lowest BCUT2D eigenvalue weighted by molar-refractivity contribution is 0.102. The summed E-state index contributed by atoms with van der Waals surface area (Å²) in [5, 5.41) is 3.28. The van der Waals surface area contributed by atoms with Gasteiger partial charge in [0.2, 0.25) is 5.75 Å². The summed E-state index contributed by atoms with van der Waals surface area (Å²) in [6.45, 7) is 2.50. The molecule has 8 heteroatoms. The summed E-state index contributed by atoms with van der Waals surface area (Å²) < 4.78 is 27.4. The third kappa shape index (κ3) is 5.36. The number of rotatable bonds is 9. The second-order valence-corrected chi connectivity index (χ2v) is 6.95. The molecule has 0 aliphatic heterocycles. The van der Waals surface area contributed by atoms with Gasteiger partial charge in [0, 0.05) is 10.6 Å². The second kappa shape index (κ2) is 10.6. The number of halogens is 1. The van der Waals surface area contributed by atoms with Gasteiger partial charge in [0.05, 0.1) is 33.6 Å². The van der Waals surface area contributed by atoms with Crippen molar-refractivity contribution in [1.29, 1.82) is 0 Å². The van der Waals surface area contributed by atoms with E-state index in [0.29, 0.717) is 51.6 Å². The van der Waals surface area contributed by atoms with Crippen molar-refractivity contribution in [2.45, 2.75) is 6.92 Å².